The molecule has 2 aromatic carbocycles. The van der Waals surface area contributed by atoms with Crippen LogP contribution in [0.15, 0.2) is 48.5 Å². The Morgan fingerprint density at radius 3 is 2.46 bits per heavy atom. The molecule has 7 heteroatoms. The summed E-state index contributed by atoms with van der Waals surface area (Å²) in [4.78, 5) is 35.9. The molecule has 2 aromatic rings. The van der Waals surface area contributed by atoms with Crippen LogP contribution in [0.2, 0.25) is 5.02 Å². The molecular weight excluding hydrogens is 356 g/mol. The van der Waals surface area contributed by atoms with E-state index < -0.39 is 30.4 Å². The van der Waals surface area contributed by atoms with Crippen LogP contribution < -0.4 is 10.6 Å². The lowest BCUT2D eigenvalue weighted by Crippen LogP contribution is -2.40. The van der Waals surface area contributed by atoms with Gasteiger partial charge in [0.25, 0.3) is 11.8 Å². The van der Waals surface area contributed by atoms with Crippen LogP contribution in [-0.4, -0.2) is 30.4 Å². The molecule has 0 bridgehead atoms. The molecule has 0 fully saturated rings. The summed E-state index contributed by atoms with van der Waals surface area (Å²) in [6.45, 7) is 2.80. The Hall–Kier alpha value is -2.86. The Morgan fingerprint density at radius 2 is 1.77 bits per heavy atom. The van der Waals surface area contributed by atoms with Crippen LogP contribution in [0.4, 0.5) is 5.69 Å². The molecule has 0 spiro atoms. The maximum absolute atomic E-state index is 12.0. The summed E-state index contributed by atoms with van der Waals surface area (Å²) in [6, 6.07) is 12.7. The Kier molecular flexibility index (Phi) is 6.74. The maximum atomic E-state index is 12.0. The van der Waals surface area contributed by atoms with Crippen molar-refractivity contribution < 1.29 is 19.1 Å². The Bertz CT molecular complexity index is 808. The standard InChI is InChI=1S/C19H19ClN2O4/c1-12-15(20)9-6-10-16(12)22-17(23)11-26-19(25)13(2)21-18(24)14-7-4-3-5-8-14/h3-10,13H,11H2,1-2H3,(H,21,24)(H,22,23)/t13-/m0/s1. The van der Waals surface area contributed by atoms with E-state index in [1.807, 2.05) is 0 Å². The van der Waals surface area contributed by atoms with E-state index in [9.17, 15) is 14.4 Å². The predicted octanol–water partition coefficient (Wildman–Crippen LogP) is 2.95. The van der Waals surface area contributed by atoms with Gasteiger partial charge in [-0.25, -0.2) is 4.79 Å². The van der Waals surface area contributed by atoms with E-state index in [4.69, 9.17) is 16.3 Å². The summed E-state index contributed by atoms with van der Waals surface area (Å²) < 4.78 is 4.95. The van der Waals surface area contributed by atoms with E-state index in [0.29, 0.717) is 16.3 Å². The minimum absolute atomic E-state index is 0.394. The van der Waals surface area contributed by atoms with Crippen molar-refractivity contribution in [2.24, 2.45) is 0 Å². The van der Waals surface area contributed by atoms with E-state index >= 15 is 0 Å². The van der Waals surface area contributed by atoms with Gasteiger partial charge in [-0.2, -0.15) is 0 Å². The Labute approximate surface area is 156 Å². The number of esters is 1. The summed E-state index contributed by atoms with van der Waals surface area (Å²) in [5, 5.41) is 5.67. The zero-order valence-electron chi connectivity index (χ0n) is 14.4. The molecule has 1 atom stereocenters. The zero-order chi connectivity index (χ0) is 19.1. The third-order valence-electron chi connectivity index (χ3n) is 3.62. The molecule has 6 nitrogen and oxygen atoms in total. The van der Waals surface area contributed by atoms with Crippen molar-refractivity contribution >= 4 is 35.1 Å². The molecule has 2 rings (SSSR count). The number of hydrogen-bond donors (Lipinski definition) is 2. The van der Waals surface area contributed by atoms with Crippen molar-refractivity contribution in [2.45, 2.75) is 19.9 Å². The molecule has 0 aliphatic heterocycles. The van der Waals surface area contributed by atoms with Crippen molar-refractivity contribution in [3.8, 4) is 0 Å². The number of nitrogens with one attached hydrogen (secondary N) is 2. The van der Waals surface area contributed by atoms with Gasteiger partial charge >= 0.3 is 5.97 Å². The number of carbonyl (C=O) groups is 3. The van der Waals surface area contributed by atoms with E-state index in [2.05, 4.69) is 10.6 Å². The number of hydrogen-bond acceptors (Lipinski definition) is 4. The molecule has 0 heterocycles. The van der Waals surface area contributed by atoms with Crippen LogP contribution in [0.1, 0.15) is 22.8 Å². The molecule has 0 aliphatic carbocycles. The maximum Gasteiger partial charge on any atom is 0.328 e. The van der Waals surface area contributed by atoms with Gasteiger partial charge in [0.2, 0.25) is 0 Å². The number of rotatable bonds is 6. The largest absolute Gasteiger partial charge is 0.454 e. The molecular formula is C19H19ClN2O4. The minimum Gasteiger partial charge on any atom is -0.454 e. The van der Waals surface area contributed by atoms with Crippen molar-refractivity contribution in [2.75, 3.05) is 11.9 Å². The SMILES string of the molecule is Cc1c(Cl)cccc1NC(=O)COC(=O)[C@H](C)NC(=O)c1ccccc1. The first-order chi connectivity index (χ1) is 12.4. The predicted molar refractivity (Wildman–Crippen MR) is 99.1 cm³/mol. The van der Waals surface area contributed by atoms with Crippen molar-refractivity contribution in [1.82, 2.24) is 5.32 Å². The summed E-state index contributed by atoms with van der Waals surface area (Å²) in [5.41, 5.74) is 1.70. The fourth-order valence-corrected chi connectivity index (χ4v) is 2.29. The lowest BCUT2D eigenvalue weighted by Gasteiger charge is -2.14. The highest BCUT2D eigenvalue weighted by atomic mass is 35.5. The van der Waals surface area contributed by atoms with E-state index in [1.54, 1.807) is 55.5 Å². The van der Waals surface area contributed by atoms with Crippen LogP contribution in [0.25, 0.3) is 0 Å². The first-order valence-corrected chi connectivity index (χ1v) is 8.34. The highest BCUT2D eigenvalue weighted by Gasteiger charge is 2.19. The molecule has 0 radical (unpaired) electrons. The van der Waals surface area contributed by atoms with Crippen LogP contribution >= 0.6 is 11.6 Å². The summed E-state index contributed by atoms with van der Waals surface area (Å²) in [5.74, 6) is -1.59. The van der Waals surface area contributed by atoms with Gasteiger partial charge in [0, 0.05) is 16.3 Å². The minimum atomic E-state index is -0.886. The zero-order valence-corrected chi connectivity index (χ0v) is 15.2. The van der Waals surface area contributed by atoms with Crippen LogP contribution in [-0.2, 0) is 14.3 Å². The highest BCUT2D eigenvalue weighted by Crippen LogP contribution is 2.22. The molecule has 26 heavy (non-hydrogen) atoms. The summed E-state index contributed by atoms with van der Waals surface area (Å²) in [6.07, 6.45) is 0. The molecule has 2 N–H and O–H groups in total. The molecule has 2 amide bonds. The van der Waals surface area contributed by atoms with E-state index in [1.165, 1.54) is 6.92 Å². The number of anilines is 1. The average molecular weight is 375 g/mol. The third kappa shape index (κ3) is 5.32. The summed E-state index contributed by atoms with van der Waals surface area (Å²) in [7, 11) is 0. The lowest BCUT2D eigenvalue weighted by molar-refractivity contribution is -0.148. The van der Waals surface area contributed by atoms with Gasteiger partial charge in [-0.15, -0.1) is 0 Å². The fraction of sp³-hybridized carbons (Fsp3) is 0.211. The number of carbonyl (C=O) groups excluding carboxylic acids is 3. The second-order valence-electron chi connectivity index (χ2n) is 5.63. The van der Waals surface area contributed by atoms with Gasteiger partial charge in [-0.3, -0.25) is 9.59 Å². The number of benzene rings is 2. The Morgan fingerprint density at radius 1 is 1.08 bits per heavy atom. The normalized spacial score (nSPS) is 11.3. The highest BCUT2D eigenvalue weighted by molar-refractivity contribution is 6.31. The fourth-order valence-electron chi connectivity index (χ4n) is 2.12. The van der Waals surface area contributed by atoms with Crippen LogP contribution in [0, 0.1) is 6.92 Å². The molecule has 0 saturated carbocycles. The molecule has 136 valence electrons. The number of ether oxygens (including phenoxy) is 1. The van der Waals surface area contributed by atoms with E-state index in [0.717, 1.165) is 5.56 Å². The molecule has 0 saturated heterocycles. The van der Waals surface area contributed by atoms with E-state index in [-0.39, 0.29) is 0 Å². The van der Waals surface area contributed by atoms with Crippen molar-refractivity contribution in [1.29, 1.82) is 0 Å². The third-order valence-corrected chi connectivity index (χ3v) is 4.03. The van der Waals surface area contributed by atoms with Crippen LogP contribution in [0.5, 0.6) is 0 Å². The van der Waals surface area contributed by atoms with Gasteiger partial charge in [0.1, 0.15) is 6.04 Å². The van der Waals surface area contributed by atoms with Gasteiger partial charge in [0.15, 0.2) is 6.61 Å². The quantitative estimate of drug-likeness (QED) is 0.761. The second-order valence-corrected chi connectivity index (χ2v) is 6.04. The molecule has 0 unspecified atom stereocenters. The molecule has 0 aromatic heterocycles. The first-order valence-electron chi connectivity index (χ1n) is 7.96. The number of halogens is 1. The Balaban J connectivity index is 1.82. The van der Waals surface area contributed by atoms with Gasteiger partial charge < -0.3 is 15.4 Å². The lowest BCUT2D eigenvalue weighted by atomic mass is 10.2. The second kappa shape index (κ2) is 9.01. The smallest absolute Gasteiger partial charge is 0.328 e. The first kappa shape index (κ1) is 19.5. The van der Waals surface area contributed by atoms with Gasteiger partial charge in [-0.05, 0) is 43.7 Å². The average Bonchev–Trinajstić information content (AvgIpc) is 2.64. The van der Waals surface area contributed by atoms with Crippen molar-refractivity contribution in [3.63, 3.8) is 0 Å². The number of amides is 2. The topological polar surface area (TPSA) is 84.5 Å². The molecule has 0 aliphatic rings. The van der Waals surface area contributed by atoms with Gasteiger partial charge in [-0.1, -0.05) is 35.9 Å². The monoisotopic (exact) mass is 374 g/mol. The van der Waals surface area contributed by atoms with Crippen LogP contribution in [0.3, 0.4) is 0 Å². The van der Waals surface area contributed by atoms with Crippen molar-refractivity contribution in [3.05, 3.63) is 64.7 Å². The summed E-state index contributed by atoms with van der Waals surface area (Å²) >= 11 is 5.99. The van der Waals surface area contributed by atoms with Gasteiger partial charge in [0.05, 0.1) is 0 Å².